The van der Waals surface area contributed by atoms with Crippen molar-refractivity contribution in [3.05, 3.63) is 51.2 Å². The third-order valence-electron chi connectivity index (χ3n) is 3.80. The lowest BCUT2D eigenvalue weighted by atomic mass is 10.2. The van der Waals surface area contributed by atoms with Gasteiger partial charge in [-0.1, -0.05) is 19.1 Å². The minimum absolute atomic E-state index is 0.0657. The van der Waals surface area contributed by atoms with Gasteiger partial charge in [-0.25, -0.2) is 0 Å². The Morgan fingerprint density at radius 1 is 1.11 bits per heavy atom. The van der Waals surface area contributed by atoms with Gasteiger partial charge in [0.05, 0.1) is 16.2 Å². The number of thioether (sulfide) groups is 1. The van der Waals surface area contributed by atoms with Crippen molar-refractivity contribution in [1.82, 2.24) is 16.2 Å². The van der Waals surface area contributed by atoms with Gasteiger partial charge in [0.2, 0.25) is 5.91 Å². The van der Waals surface area contributed by atoms with Gasteiger partial charge in [-0.05, 0) is 51.0 Å². The Bertz CT molecular complexity index is 862. The van der Waals surface area contributed by atoms with E-state index in [9.17, 15) is 14.4 Å². The fourth-order valence-corrected chi connectivity index (χ4v) is 4.38. The quantitative estimate of drug-likeness (QED) is 0.475. The number of carbonyl (C=O) groups excluding carboxylic acids is 3. The van der Waals surface area contributed by atoms with Crippen LogP contribution < -0.4 is 16.2 Å². The Morgan fingerprint density at radius 3 is 2.43 bits per heavy atom. The highest BCUT2D eigenvalue weighted by Crippen LogP contribution is 2.23. The minimum atomic E-state index is -0.426. The Balaban J connectivity index is 1.98. The van der Waals surface area contributed by atoms with Crippen LogP contribution in [0.5, 0.6) is 0 Å². The van der Waals surface area contributed by atoms with Crippen molar-refractivity contribution in [3.8, 4) is 0 Å². The van der Waals surface area contributed by atoms with E-state index in [-0.39, 0.29) is 23.6 Å². The molecule has 0 saturated heterocycles. The summed E-state index contributed by atoms with van der Waals surface area (Å²) >= 11 is 2.70. The van der Waals surface area contributed by atoms with Crippen molar-refractivity contribution in [2.75, 3.05) is 5.75 Å². The van der Waals surface area contributed by atoms with E-state index in [0.717, 1.165) is 16.9 Å². The van der Waals surface area contributed by atoms with E-state index in [4.69, 9.17) is 0 Å². The summed E-state index contributed by atoms with van der Waals surface area (Å²) in [6.45, 7) is 7.79. The molecule has 0 fully saturated rings. The molecule has 3 N–H and O–H groups in total. The maximum atomic E-state index is 12.5. The Morgan fingerprint density at radius 2 is 1.79 bits per heavy atom. The van der Waals surface area contributed by atoms with Crippen LogP contribution in [0, 0.1) is 6.92 Å². The summed E-state index contributed by atoms with van der Waals surface area (Å²) in [5.41, 5.74) is 6.40. The van der Waals surface area contributed by atoms with Crippen LogP contribution in [-0.2, 0) is 11.2 Å². The molecule has 0 saturated carbocycles. The molecule has 3 amide bonds. The summed E-state index contributed by atoms with van der Waals surface area (Å²) in [7, 11) is 0. The maximum absolute atomic E-state index is 12.5. The number of rotatable bonds is 7. The molecule has 2 rings (SSSR count). The van der Waals surface area contributed by atoms with Crippen LogP contribution in [0.2, 0.25) is 0 Å². The molecule has 0 radical (unpaired) electrons. The summed E-state index contributed by atoms with van der Waals surface area (Å²) in [5.74, 6) is -0.654. The molecule has 0 aliphatic carbocycles. The maximum Gasteiger partial charge on any atom is 0.279 e. The topological polar surface area (TPSA) is 87.3 Å². The van der Waals surface area contributed by atoms with Crippen molar-refractivity contribution >= 4 is 40.8 Å². The molecular weight excluding hydrogens is 394 g/mol. The van der Waals surface area contributed by atoms with Crippen LogP contribution in [-0.4, -0.2) is 29.5 Å². The monoisotopic (exact) mass is 419 g/mol. The first-order valence-electron chi connectivity index (χ1n) is 9.03. The van der Waals surface area contributed by atoms with Gasteiger partial charge in [0.1, 0.15) is 0 Å². The second kappa shape index (κ2) is 10.3. The van der Waals surface area contributed by atoms with Crippen molar-refractivity contribution in [2.24, 2.45) is 0 Å². The van der Waals surface area contributed by atoms with Crippen molar-refractivity contribution in [3.63, 3.8) is 0 Å². The Labute approximate surface area is 173 Å². The van der Waals surface area contributed by atoms with Gasteiger partial charge in [-0.15, -0.1) is 23.1 Å². The third-order valence-corrected chi connectivity index (χ3v) is 6.25. The Hall–Kier alpha value is -2.32. The molecule has 0 aliphatic heterocycles. The van der Waals surface area contributed by atoms with Gasteiger partial charge in [-0.3, -0.25) is 25.2 Å². The predicted octanol–water partition coefficient (Wildman–Crippen LogP) is 3.31. The third kappa shape index (κ3) is 6.10. The molecule has 0 aliphatic rings. The number of carbonyl (C=O) groups is 3. The first kappa shape index (κ1) is 22.0. The Kier molecular flexibility index (Phi) is 8.07. The molecule has 0 spiro atoms. The molecular formula is C20H25N3O3S2. The average molecular weight is 420 g/mol. The summed E-state index contributed by atoms with van der Waals surface area (Å²) in [5, 5.41) is 2.82. The van der Waals surface area contributed by atoms with Crippen molar-refractivity contribution in [2.45, 2.75) is 45.1 Å². The molecule has 8 heteroatoms. The second-order valence-corrected chi connectivity index (χ2v) is 8.64. The number of hydrogen-bond acceptors (Lipinski definition) is 5. The number of aryl methyl sites for hydroxylation is 2. The van der Waals surface area contributed by atoms with E-state index in [2.05, 4.69) is 16.2 Å². The zero-order chi connectivity index (χ0) is 20.7. The molecule has 1 heterocycles. The minimum Gasteiger partial charge on any atom is -0.353 e. The van der Waals surface area contributed by atoms with Gasteiger partial charge in [0, 0.05) is 15.8 Å². The summed E-state index contributed by atoms with van der Waals surface area (Å²) in [6.07, 6.45) is 0.866. The summed E-state index contributed by atoms with van der Waals surface area (Å²) in [4.78, 5) is 39.0. The van der Waals surface area contributed by atoms with Crippen LogP contribution in [0.4, 0.5) is 0 Å². The zero-order valence-electron chi connectivity index (χ0n) is 16.4. The van der Waals surface area contributed by atoms with Crippen LogP contribution in [0.15, 0.2) is 35.2 Å². The summed E-state index contributed by atoms with van der Waals surface area (Å²) < 4.78 is 0. The highest BCUT2D eigenvalue weighted by molar-refractivity contribution is 8.00. The van der Waals surface area contributed by atoms with Crippen LogP contribution in [0.1, 0.15) is 51.2 Å². The molecule has 0 bridgehead atoms. The van der Waals surface area contributed by atoms with Crippen molar-refractivity contribution < 1.29 is 14.4 Å². The van der Waals surface area contributed by atoms with Gasteiger partial charge >= 0.3 is 0 Å². The fourth-order valence-electron chi connectivity index (χ4n) is 2.51. The standard InChI is InChI=1S/C20H25N3O3S2/c1-5-15-13(4)10-17(28-15)20(26)23-22-19(25)14-8-6-7-9-16(14)27-11-18(24)21-12(2)3/h6-10,12H,5,11H2,1-4H3,(H,21,24)(H,22,25)(H,23,26). The van der Waals surface area contributed by atoms with E-state index >= 15 is 0 Å². The number of hydrazine groups is 1. The van der Waals surface area contributed by atoms with Gasteiger partial charge in [-0.2, -0.15) is 0 Å². The lowest BCUT2D eigenvalue weighted by Crippen LogP contribution is -2.41. The highest BCUT2D eigenvalue weighted by atomic mass is 32.2. The van der Waals surface area contributed by atoms with E-state index in [1.807, 2.05) is 33.8 Å². The van der Waals surface area contributed by atoms with E-state index < -0.39 is 5.91 Å². The summed E-state index contributed by atoms with van der Waals surface area (Å²) in [6, 6.07) is 8.87. The van der Waals surface area contributed by atoms with E-state index in [0.29, 0.717) is 15.3 Å². The number of amides is 3. The number of hydrogen-bond donors (Lipinski definition) is 3. The molecule has 1 aromatic carbocycles. The molecule has 0 unspecified atom stereocenters. The SMILES string of the molecule is CCc1sc(C(=O)NNC(=O)c2ccccc2SCC(=O)NC(C)C)cc1C. The normalized spacial score (nSPS) is 10.6. The largest absolute Gasteiger partial charge is 0.353 e. The van der Waals surface area contributed by atoms with Crippen molar-refractivity contribution in [1.29, 1.82) is 0 Å². The first-order valence-corrected chi connectivity index (χ1v) is 10.8. The molecule has 0 atom stereocenters. The molecule has 6 nitrogen and oxygen atoms in total. The number of benzene rings is 1. The molecule has 2 aromatic rings. The smallest absolute Gasteiger partial charge is 0.279 e. The first-order chi connectivity index (χ1) is 13.3. The van der Waals surface area contributed by atoms with Crippen LogP contribution in [0.3, 0.4) is 0 Å². The highest BCUT2D eigenvalue weighted by Gasteiger charge is 2.16. The average Bonchev–Trinajstić information content (AvgIpc) is 3.04. The lowest BCUT2D eigenvalue weighted by molar-refractivity contribution is -0.119. The number of nitrogens with one attached hydrogen (secondary N) is 3. The molecule has 150 valence electrons. The van der Waals surface area contributed by atoms with E-state index in [1.54, 1.807) is 24.3 Å². The predicted molar refractivity (Wildman–Crippen MR) is 114 cm³/mol. The second-order valence-electron chi connectivity index (χ2n) is 6.49. The van der Waals surface area contributed by atoms with Gasteiger partial charge in [0.15, 0.2) is 0 Å². The molecule has 1 aromatic heterocycles. The van der Waals surface area contributed by atoms with Crippen LogP contribution in [0.25, 0.3) is 0 Å². The lowest BCUT2D eigenvalue weighted by Gasteiger charge is -2.11. The fraction of sp³-hybridized carbons (Fsp3) is 0.350. The zero-order valence-corrected chi connectivity index (χ0v) is 18.1. The van der Waals surface area contributed by atoms with Gasteiger partial charge in [0.25, 0.3) is 11.8 Å². The van der Waals surface area contributed by atoms with Crippen LogP contribution >= 0.6 is 23.1 Å². The van der Waals surface area contributed by atoms with Gasteiger partial charge < -0.3 is 5.32 Å². The molecule has 28 heavy (non-hydrogen) atoms. The van der Waals surface area contributed by atoms with E-state index in [1.165, 1.54) is 23.1 Å². The number of thiophene rings is 1.